The fourth-order valence-electron chi connectivity index (χ4n) is 3.24. The van der Waals surface area contributed by atoms with Gasteiger partial charge in [-0.3, -0.25) is 4.79 Å². The lowest BCUT2D eigenvalue weighted by Gasteiger charge is -2.15. The lowest BCUT2D eigenvalue weighted by Crippen LogP contribution is -2.24. The molecule has 134 valence electrons. The second-order valence-corrected chi connectivity index (χ2v) is 6.64. The molecule has 5 nitrogen and oxygen atoms in total. The third-order valence-electron chi connectivity index (χ3n) is 4.84. The highest BCUT2D eigenvalue weighted by molar-refractivity contribution is 5.92. The highest BCUT2D eigenvalue weighted by Crippen LogP contribution is 2.28. The Balaban J connectivity index is 1.81. The van der Waals surface area contributed by atoms with Crippen molar-refractivity contribution in [3.8, 4) is 0 Å². The molecule has 2 N–H and O–H groups in total. The van der Waals surface area contributed by atoms with Crippen molar-refractivity contribution in [3.05, 3.63) is 65.0 Å². The first-order valence-electron chi connectivity index (χ1n) is 8.56. The summed E-state index contributed by atoms with van der Waals surface area (Å²) in [5, 5.41) is 1.20. The number of rotatable bonds is 4. The van der Waals surface area contributed by atoms with Gasteiger partial charge in [0, 0.05) is 44.0 Å². The van der Waals surface area contributed by atoms with Gasteiger partial charge in [0.2, 0.25) is 5.91 Å². The quantitative estimate of drug-likeness (QED) is 0.735. The van der Waals surface area contributed by atoms with Gasteiger partial charge in [0.15, 0.2) is 0 Å². The summed E-state index contributed by atoms with van der Waals surface area (Å²) in [4.78, 5) is 18.2. The number of carbonyl (C=O) groups is 1. The van der Waals surface area contributed by atoms with Gasteiger partial charge in [-0.1, -0.05) is 18.2 Å². The van der Waals surface area contributed by atoms with Crippen LogP contribution >= 0.6 is 0 Å². The number of nitrogen functional groups attached to an aromatic ring is 1. The van der Waals surface area contributed by atoms with Crippen LogP contribution in [-0.2, 0) is 18.4 Å². The van der Waals surface area contributed by atoms with E-state index in [9.17, 15) is 4.79 Å². The maximum atomic E-state index is 12.5. The van der Waals surface area contributed by atoms with E-state index in [1.54, 1.807) is 29.3 Å². The molecule has 0 radical (unpaired) electrons. The number of benzene rings is 1. The fraction of sp³-hybridized carbons (Fsp3) is 0.238. The van der Waals surface area contributed by atoms with Gasteiger partial charge in [0.25, 0.3) is 0 Å². The second kappa shape index (κ2) is 7.04. The molecule has 0 aliphatic heterocycles. The number of hydrogen-bond donors (Lipinski definition) is 1. The van der Waals surface area contributed by atoms with E-state index in [1.807, 2.05) is 13.1 Å². The van der Waals surface area contributed by atoms with Crippen LogP contribution < -0.4 is 5.73 Å². The molecule has 0 spiro atoms. The molecular weight excluding hydrogens is 324 g/mol. The Morgan fingerprint density at radius 1 is 1.27 bits per heavy atom. The van der Waals surface area contributed by atoms with Gasteiger partial charge in [-0.25, -0.2) is 4.98 Å². The predicted molar refractivity (Wildman–Crippen MR) is 107 cm³/mol. The number of likely N-dealkylation sites (N-methyl/N-ethyl adjacent to an activating group) is 1. The van der Waals surface area contributed by atoms with E-state index >= 15 is 0 Å². The molecule has 1 amide bonds. The van der Waals surface area contributed by atoms with Crippen molar-refractivity contribution in [2.45, 2.75) is 20.4 Å². The second-order valence-electron chi connectivity index (χ2n) is 6.64. The minimum atomic E-state index is -0.0501. The molecule has 0 aliphatic carbocycles. The molecule has 0 bridgehead atoms. The van der Waals surface area contributed by atoms with Gasteiger partial charge < -0.3 is 15.2 Å². The van der Waals surface area contributed by atoms with Gasteiger partial charge in [-0.2, -0.15) is 0 Å². The number of fused-ring (bicyclic) bond motifs is 1. The van der Waals surface area contributed by atoms with Gasteiger partial charge >= 0.3 is 0 Å². The Morgan fingerprint density at radius 2 is 2.04 bits per heavy atom. The van der Waals surface area contributed by atoms with E-state index in [2.05, 4.69) is 48.6 Å². The first-order chi connectivity index (χ1) is 12.4. The normalized spacial score (nSPS) is 11.4. The number of anilines is 1. The fourth-order valence-corrected chi connectivity index (χ4v) is 3.24. The zero-order chi connectivity index (χ0) is 18.8. The number of para-hydroxylation sites is 1. The number of nitrogens with zero attached hydrogens (tertiary/aromatic N) is 3. The van der Waals surface area contributed by atoms with Crippen molar-refractivity contribution in [1.29, 1.82) is 0 Å². The number of amides is 1. The zero-order valence-corrected chi connectivity index (χ0v) is 15.7. The Morgan fingerprint density at radius 3 is 2.73 bits per heavy atom. The summed E-state index contributed by atoms with van der Waals surface area (Å²) < 4.78 is 2.20. The highest BCUT2D eigenvalue weighted by atomic mass is 16.2. The summed E-state index contributed by atoms with van der Waals surface area (Å²) in [6, 6.07) is 9.86. The van der Waals surface area contributed by atoms with Crippen LogP contribution in [0.5, 0.6) is 0 Å². The van der Waals surface area contributed by atoms with Crippen molar-refractivity contribution in [3.63, 3.8) is 0 Å². The van der Waals surface area contributed by atoms with Crippen LogP contribution in [0.2, 0.25) is 0 Å². The molecule has 1 aromatic carbocycles. The molecule has 0 fully saturated rings. The summed E-state index contributed by atoms with van der Waals surface area (Å²) in [6.45, 7) is 4.78. The molecule has 2 aromatic heterocycles. The molecule has 0 aliphatic rings. The number of pyridine rings is 1. The van der Waals surface area contributed by atoms with E-state index in [0.29, 0.717) is 12.4 Å². The molecule has 2 heterocycles. The van der Waals surface area contributed by atoms with Gasteiger partial charge in [-0.15, -0.1) is 0 Å². The first-order valence-corrected chi connectivity index (χ1v) is 8.56. The number of aromatic nitrogens is 2. The lowest BCUT2D eigenvalue weighted by atomic mass is 10.1. The van der Waals surface area contributed by atoms with Crippen LogP contribution in [0.25, 0.3) is 17.0 Å². The van der Waals surface area contributed by atoms with Crippen LogP contribution in [0, 0.1) is 13.8 Å². The summed E-state index contributed by atoms with van der Waals surface area (Å²) in [6.07, 6.45) is 4.97. The largest absolute Gasteiger partial charge is 0.384 e. The Kier molecular flexibility index (Phi) is 4.80. The van der Waals surface area contributed by atoms with Crippen molar-refractivity contribution in [2.24, 2.45) is 7.05 Å². The Hall–Kier alpha value is -3.08. The average Bonchev–Trinajstić information content (AvgIpc) is 2.87. The van der Waals surface area contributed by atoms with Crippen LogP contribution in [0.3, 0.4) is 0 Å². The number of carbonyl (C=O) groups excluding carboxylic acids is 1. The Bertz CT molecular complexity index is 983. The maximum Gasteiger partial charge on any atom is 0.246 e. The maximum absolute atomic E-state index is 12.5. The van der Waals surface area contributed by atoms with Crippen molar-refractivity contribution >= 4 is 28.7 Å². The SMILES string of the molecule is Cc1cccc2c(CN(C)C(=O)C=Cc3ccc(N)nc3)c(C)n(C)c12. The van der Waals surface area contributed by atoms with Gasteiger partial charge in [-0.05, 0) is 48.7 Å². The molecule has 0 unspecified atom stereocenters. The lowest BCUT2D eigenvalue weighted by molar-refractivity contribution is -0.125. The zero-order valence-electron chi connectivity index (χ0n) is 15.7. The third kappa shape index (κ3) is 3.33. The summed E-state index contributed by atoms with van der Waals surface area (Å²) >= 11 is 0. The molecule has 3 aromatic rings. The average molecular weight is 348 g/mol. The van der Waals surface area contributed by atoms with Crippen molar-refractivity contribution in [1.82, 2.24) is 14.5 Å². The van der Waals surface area contributed by atoms with Crippen LogP contribution in [0.1, 0.15) is 22.4 Å². The minimum Gasteiger partial charge on any atom is -0.384 e. The van der Waals surface area contributed by atoms with E-state index in [0.717, 1.165) is 5.56 Å². The van der Waals surface area contributed by atoms with E-state index in [4.69, 9.17) is 5.73 Å². The standard InChI is InChI=1S/C21H24N4O/c1-14-6-5-7-17-18(15(2)25(4)21(14)17)13-24(3)20(26)11-9-16-8-10-19(22)23-12-16/h5-12H,13H2,1-4H3,(H2,22,23). The van der Waals surface area contributed by atoms with Gasteiger partial charge in [0.1, 0.15) is 5.82 Å². The number of hydrogen-bond acceptors (Lipinski definition) is 3. The molecule has 0 saturated heterocycles. The monoisotopic (exact) mass is 348 g/mol. The van der Waals surface area contributed by atoms with Crippen molar-refractivity contribution in [2.75, 3.05) is 12.8 Å². The number of aryl methyl sites for hydroxylation is 2. The molecule has 0 atom stereocenters. The predicted octanol–water partition coefficient (Wildman–Crippen LogP) is 3.44. The van der Waals surface area contributed by atoms with Crippen LogP contribution in [0.15, 0.2) is 42.6 Å². The molecule has 26 heavy (non-hydrogen) atoms. The van der Waals surface area contributed by atoms with Gasteiger partial charge in [0.05, 0.1) is 5.52 Å². The molecule has 3 rings (SSSR count). The summed E-state index contributed by atoms with van der Waals surface area (Å²) in [5.74, 6) is 0.415. The topological polar surface area (TPSA) is 64.2 Å². The number of nitrogens with two attached hydrogens (primary N) is 1. The smallest absolute Gasteiger partial charge is 0.246 e. The highest BCUT2D eigenvalue weighted by Gasteiger charge is 2.16. The molecule has 0 saturated carbocycles. The summed E-state index contributed by atoms with van der Waals surface area (Å²) in [5.41, 5.74) is 11.3. The molecule has 5 heteroatoms. The van der Waals surface area contributed by atoms with Crippen molar-refractivity contribution < 1.29 is 4.79 Å². The summed E-state index contributed by atoms with van der Waals surface area (Å²) in [7, 11) is 3.89. The molecular formula is C21H24N4O. The van der Waals surface area contributed by atoms with E-state index < -0.39 is 0 Å². The van der Waals surface area contributed by atoms with E-state index in [1.165, 1.54) is 27.7 Å². The Labute approximate surface area is 153 Å². The first kappa shape index (κ1) is 17.7. The minimum absolute atomic E-state index is 0.0501. The van der Waals surface area contributed by atoms with Crippen LogP contribution in [-0.4, -0.2) is 27.4 Å². The van der Waals surface area contributed by atoms with Crippen LogP contribution in [0.4, 0.5) is 5.82 Å². The third-order valence-corrected chi connectivity index (χ3v) is 4.84. The van der Waals surface area contributed by atoms with E-state index in [-0.39, 0.29) is 5.91 Å².